The summed E-state index contributed by atoms with van der Waals surface area (Å²) in [6.45, 7) is 2.16. The molecule has 126 valence electrons. The van der Waals surface area contributed by atoms with E-state index in [0.29, 0.717) is 24.9 Å². The summed E-state index contributed by atoms with van der Waals surface area (Å²) < 4.78 is 13.6. The van der Waals surface area contributed by atoms with Crippen LogP contribution in [0.2, 0.25) is 0 Å². The van der Waals surface area contributed by atoms with Gasteiger partial charge in [0, 0.05) is 12.5 Å². The number of carboxylic acids is 1. The molecule has 0 saturated carbocycles. The average molecular weight is 329 g/mol. The molecule has 0 heterocycles. The Morgan fingerprint density at radius 3 is 2.62 bits per heavy atom. The standard InChI is InChI=1S/C19H20FNO3/c1-13(11-15-6-2-3-8-17(15)20)18(22)21-10-9-14-5-4-7-16(12-14)19(23)24/h2-8,12-13H,9-11H2,1H3,(H,21,22)(H,23,24). The third kappa shape index (κ3) is 4.91. The Labute approximate surface area is 140 Å². The molecule has 1 atom stereocenters. The number of carbonyl (C=O) groups is 2. The molecule has 1 unspecified atom stereocenters. The molecule has 0 aromatic heterocycles. The minimum atomic E-state index is -0.973. The monoisotopic (exact) mass is 329 g/mol. The first-order valence-electron chi connectivity index (χ1n) is 7.80. The lowest BCUT2D eigenvalue weighted by Crippen LogP contribution is -2.32. The summed E-state index contributed by atoms with van der Waals surface area (Å²) in [7, 11) is 0. The maximum Gasteiger partial charge on any atom is 0.335 e. The van der Waals surface area contributed by atoms with Crippen molar-refractivity contribution in [1.82, 2.24) is 5.32 Å². The van der Waals surface area contributed by atoms with E-state index >= 15 is 0 Å². The van der Waals surface area contributed by atoms with Crippen LogP contribution in [0.3, 0.4) is 0 Å². The Balaban J connectivity index is 1.83. The van der Waals surface area contributed by atoms with Gasteiger partial charge in [-0.1, -0.05) is 37.3 Å². The van der Waals surface area contributed by atoms with Gasteiger partial charge in [-0.2, -0.15) is 0 Å². The van der Waals surface area contributed by atoms with E-state index in [4.69, 9.17) is 5.11 Å². The lowest BCUT2D eigenvalue weighted by atomic mass is 10.00. The van der Waals surface area contributed by atoms with Gasteiger partial charge in [0.25, 0.3) is 0 Å². The average Bonchev–Trinajstić information content (AvgIpc) is 2.57. The third-order valence-corrected chi connectivity index (χ3v) is 3.82. The highest BCUT2D eigenvalue weighted by Crippen LogP contribution is 2.13. The van der Waals surface area contributed by atoms with E-state index in [2.05, 4.69) is 5.32 Å². The summed E-state index contributed by atoms with van der Waals surface area (Å²) in [5, 5.41) is 11.8. The fourth-order valence-electron chi connectivity index (χ4n) is 2.45. The van der Waals surface area contributed by atoms with Crippen molar-refractivity contribution in [2.24, 2.45) is 5.92 Å². The van der Waals surface area contributed by atoms with E-state index in [9.17, 15) is 14.0 Å². The molecule has 0 fully saturated rings. The molecule has 5 heteroatoms. The zero-order chi connectivity index (χ0) is 17.5. The van der Waals surface area contributed by atoms with Crippen LogP contribution in [-0.4, -0.2) is 23.5 Å². The number of carbonyl (C=O) groups excluding carboxylic acids is 1. The predicted octanol–water partition coefficient (Wildman–Crippen LogP) is 3.06. The summed E-state index contributed by atoms with van der Waals surface area (Å²) in [5.41, 5.74) is 1.60. The second-order valence-corrected chi connectivity index (χ2v) is 5.74. The van der Waals surface area contributed by atoms with Crippen LogP contribution >= 0.6 is 0 Å². The van der Waals surface area contributed by atoms with Crippen molar-refractivity contribution >= 4 is 11.9 Å². The first-order chi connectivity index (χ1) is 11.5. The van der Waals surface area contributed by atoms with Crippen molar-refractivity contribution < 1.29 is 19.1 Å². The second-order valence-electron chi connectivity index (χ2n) is 5.74. The van der Waals surface area contributed by atoms with Crippen LogP contribution < -0.4 is 5.32 Å². The number of hydrogen-bond acceptors (Lipinski definition) is 2. The number of aromatic carboxylic acids is 1. The Kier molecular flexibility index (Phi) is 6.07. The van der Waals surface area contributed by atoms with Gasteiger partial charge in [0.1, 0.15) is 5.82 Å². The molecule has 4 nitrogen and oxygen atoms in total. The van der Waals surface area contributed by atoms with Gasteiger partial charge in [-0.25, -0.2) is 9.18 Å². The van der Waals surface area contributed by atoms with Gasteiger partial charge in [0.15, 0.2) is 0 Å². The third-order valence-electron chi connectivity index (χ3n) is 3.82. The maximum absolute atomic E-state index is 13.6. The number of benzene rings is 2. The highest BCUT2D eigenvalue weighted by atomic mass is 19.1. The minimum Gasteiger partial charge on any atom is -0.478 e. The Hall–Kier alpha value is -2.69. The molecule has 2 aromatic rings. The van der Waals surface area contributed by atoms with Gasteiger partial charge >= 0.3 is 5.97 Å². The maximum atomic E-state index is 13.6. The molecule has 0 spiro atoms. The fourth-order valence-corrected chi connectivity index (χ4v) is 2.45. The normalized spacial score (nSPS) is 11.8. The number of hydrogen-bond donors (Lipinski definition) is 2. The van der Waals surface area contributed by atoms with Gasteiger partial charge in [-0.05, 0) is 42.2 Å². The van der Waals surface area contributed by atoms with E-state index in [-0.39, 0.29) is 23.2 Å². The highest BCUT2D eigenvalue weighted by Gasteiger charge is 2.15. The zero-order valence-corrected chi connectivity index (χ0v) is 13.5. The minimum absolute atomic E-state index is 0.146. The van der Waals surface area contributed by atoms with E-state index in [1.54, 1.807) is 37.3 Å². The Bertz CT molecular complexity index is 730. The lowest BCUT2D eigenvalue weighted by Gasteiger charge is -2.13. The van der Waals surface area contributed by atoms with E-state index in [0.717, 1.165) is 5.56 Å². The molecule has 0 bridgehead atoms. The van der Waals surface area contributed by atoms with E-state index in [1.807, 2.05) is 6.07 Å². The van der Waals surface area contributed by atoms with Crippen LogP contribution in [-0.2, 0) is 17.6 Å². The van der Waals surface area contributed by atoms with Gasteiger partial charge in [0.2, 0.25) is 5.91 Å². The van der Waals surface area contributed by atoms with Crippen molar-refractivity contribution in [2.45, 2.75) is 19.8 Å². The fraction of sp³-hybridized carbons (Fsp3) is 0.263. The molecular weight excluding hydrogens is 309 g/mol. The number of amides is 1. The second kappa shape index (κ2) is 8.24. The first kappa shape index (κ1) is 17.7. The molecule has 2 rings (SSSR count). The Morgan fingerprint density at radius 2 is 1.92 bits per heavy atom. The summed E-state index contributed by atoms with van der Waals surface area (Å²) in [5.74, 6) is -1.76. The smallest absolute Gasteiger partial charge is 0.335 e. The van der Waals surface area contributed by atoms with Crippen LogP contribution in [0.1, 0.15) is 28.4 Å². The van der Waals surface area contributed by atoms with Crippen molar-refractivity contribution in [3.8, 4) is 0 Å². The van der Waals surface area contributed by atoms with Crippen LogP contribution in [0.4, 0.5) is 4.39 Å². The van der Waals surface area contributed by atoms with E-state index in [1.165, 1.54) is 12.1 Å². The largest absolute Gasteiger partial charge is 0.478 e. The molecule has 2 N–H and O–H groups in total. The van der Waals surface area contributed by atoms with Gasteiger partial charge in [-0.3, -0.25) is 4.79 Å². The molecule has 1 amide bonds. The molecule has 0 saturated heterocycles. The van der Waals surface area contributed by atoms with Gasteiger partial charge in [-0.15, -0.1) is 0 Å². The Morgan fingerprint density at radius 1 is 1.17 bits per heavy atom. The van der Waals surface area contributed by atoms with Crippen LogP contribution in [0, 0.1) is 11.7 Å². The topological polar surface area (TPSA) is 66.4 Å². The summed E-state index contributed by atoms with van der Waals surface area (Å²) >= 11 is 0. The summed E-state index contributed by atoms with van der Waals surface area (Å²) in [4.78, 5) is 23.0. The number of nitrogens with one attached hydrogen (secondary N) is 1. The number of rotatable bonds is 7. The van der Waals surface area contributed by atoms with Crippen molar-refractivity contribution in [1.29, 1.82) is 0 Å². The predicted molar refractivity (Wildman–Crippen MR) is 89.4 cm³/mol. The molecule has 24 heavy (non-hydrogen) atoms. The molecule has 0 radical (unpaired) electrons. The van der Waals surface area contributed by atoms with Crippen LogP contribution in [0.25, 0.3) is 0 Å². The van der Waals surface area contributed by atoms with Crippen molar-refractivity contribution in [3.05, 3.63) is 71.0 Å². The van der Waals surface area contributed by atoms with Crippen LogP contribution in [0.15, 0.2) is 48.5 Å². The van der Waals surface area contributed by atoms with E-state index < -0.39 is 5.97 Å². The molecule has 0 aliphatic rings. The lowest BCUT2D eigenvalue weighted by molar-refractivity contribution is -0.124. The van der Waals surface area contributed by atoms with Gasteiger partial charge in [0.05, 0.1) is 5.56 Å². The quantitative estimate of drug-likeness (QED) is 0.820. The van der Waals surface area contributed by atoms with Crippen LogP contribution in [0.5, 0.6) is 0 Å². The summed E-state index contributed by atoms with van der Waals surface area (Å²) in [6, 6.07) is 13.1. The van der Waals surface area contributed by atoms with Gasteiger partial charge < -0.3 is 10.4 Å². The highest BCUT2D eigenvalue weighted by molar-refractivity contribution is 5.87. The molecular formula is C19H20FNO3. The molecule has 0 aliphatic carbocycles. The molecule has 2 aromatic carbocycles. The molecule has 0 aliphatic heterocycles. The van der Waals surface area contributed by atoms with Crippen molar-refractivity contribution in [2.75, 3.05) is 6.54 Å². The van der Waals surface area contributed by atoms with Crippen molar-refractivity contribution in [3.63, 3.8) is 0 Å². The zero-order valence-electron chi connectivity index (χ0n) is 13.5. The first-order valence-corrected chi connectivity index (χ1v) is 7.80. The number of halogens is 1. The SMILES string of the molecule is CC(Cc1ccccc1F)C(=O)NCCc1cccc(C(=O)O)c1. The number of carboxylic acid groups (broad SMARTS) is 1. The summed E-state index contributed by atoms with van der Waals surface area (Å²) in [6.07, 6.45) is 0.881.